The number of para-hydroxylation sites is 1. The molecule has 4 rings (SSSR count). The minimum Gasteiger partial charge on any atom is -0.497 e. The van der Waals surface area contributed by atoms with Gasteiger partial charge in [-0.2, -0.15) is 0 Å². The number of benzene rings is 2. The third-order valence-electron chi connectivity index (χ3n) is 5.77. The highest BCUT2D eigenvalue weighted by Crippen LogP contribution is 2.23. The van der Waals surface area contributed by atoms with Crippen molar-refractivity contribution in [2.75, 3.05) is 38.6 Å². The van der Waals surface area contributed by atoms with Crippen LogP contribution in [0, 0.1) is 6.92 Å². The topological polar surface area (TPSA) is 113 Å². The highest BCUT2D eigenvalue weighted by Gasteiger charge is 2.27. The molecular weight excluding hydrogens is 454 g/mol. The van der Waals surface area contributed by atoms with Crippen molar-refractivity contribution in [2.24, 2.45) is 0 Å². The first-order valence-electron chi connectivity index (χ1n) is 11.1. The lowest BCUT2D eigenvalue weighted by molar-refractivity contribution is 0.249. The minimum absolute atomic E-state index is 0.174. The number of urea groups is 1. The maximum atomic E-state index is 12.6. The molecule has 1 aliphatic rings. The number of rotatable bonds is 8. The summed E-state index contributed by atoms with van der Waals surface area (Å²) in [5.41, 5.74) is 2.38. The van der Waals surface area contributed by atoms with Crippen molar-refractivity contribution in [1.82, 2.24) is 19.9 Å². The molecule has 0 saturated carbocycles. The van der Waals surface area contributed by atoms with E-state index in [1.165, 1.54) is 19.2 Å². The fourth-order valence-corrected chi connectivity index (χ4v) is 5.34. The Labute approximate surface area is 199 Å². The zero-order chi connectivity index (χ0) is 24.1. The van der Waals surface area contributed by atoms with Crippen molar-refractivity contribution in [3.63, 3.8) is 0 Å². The number of amides is 2. The van der Waals surface area contributed by atoms with E-state index in [0.29, 0.717) is 31.8 Å². The third-order valence-corrected chi connectivity index (χ3v) is 7.31. The number of nitrogens with one attached hydrogen (secondary N) is 3. The molecule has 0 aliphatic carbocycles. The minimum atomic E-state index is -3.60. The molecule has 9 nitrogen and oxygen atoms in total. The van der Waals surface area contributed by atoms with Crippen LogP contribution in [0.5, 0.6) is 5.75 Å². The summed E-state index contributed by atoms with van der Waals surface area (Å²) in [7, 11) is -2.06. The van der Waals surface area contributed by atoms with Crippen molar-refractivity contribution in [3.8, 4) is 5.75 Å². The van der Waals surface area contributed by atoms with Crippen LogP contribution in [-0.2, 0) is 10.0 Å². The quantitative estimate of drug-likeness (QED) is 0.454. The fraction of sp³-hybridized carbons (Fsp3) is 0.333. The molecule has 3 N–H and O–H groups in total. The van der Waals surface area contributed by atoms with Crippen LogP contribution < -0.4 is 20.1 Å². The molecule has 1 aromatic heterocycles. The number of sulfonamides is 1. The normalized spacial score (nSPS) is 16.5. The van der Waals surface area contributed by atoms with Crippen LogP contribution in [-0.4, -0.2) is 63.7 Å². The van der Waals surface area contributed by atoms with Crippen LogP contribution in [0.15, 0.2) is 59.5 Å². The number of aryl methyl sites for hydroxylation is 1. The zero-order valence-corrected chi connectivity index (χ0v) is 20.1. The number of carbonyl (C=O) groups is 1. The molecule has 2 aromatic carbocycles. The number of hydrogen-bond donors (Lipinski definition) is 3. The first kappa shape index (κ1) is 23.9. The monoisotopic (exact) mass is 483 g/mol. The molecule has 2 heterocycles. The second-order valence-electron chi connectivity index (χ2n) is 8.29. The van der Waals surface area contributed by atoms with Gasteiger partial charge in [0.25, 0.3) is 0 Å². The van der Waals surface area contributed by atoms with Crippen molar-refractivity contribution in [2.45, 2.75) is 24.3 Å². The van der Waals surface area contributed by atoms with E-state index in [4.69, 9.17) is 4.74 Å². The summed E-state index contributed by atoms with van der Waals surface area (Å²) in [6, 6.07) is 15.4. The molecule has 180 valence electrons. The SMILES string of the molecule is COc1ccc(S(=O)(=O)NC2CCN(CCNC(=O)Nc3cc(C)nc4ccccc34)C2)cc1. The first-order chi connectivity index (χ1) is 16.3. The third kappa shape index (κ3) is 5.82. The number of fused-ring (bicyclic) bond motifs is 1. The van der Waals surface area contributed by atoms with E-state index >= 15 is 0 Å². The Bertz CT molecular complexity index is 1260. The average Bonchev–Trinajstić information content (AvgIpc) is 3.25. The Balaban J connectivity index is 1.24. The van der Waals surface area contributed by atoms with Crippen molar-refractivity contribution >= 4 is 32.6 Å². The van der Waals surface area contributed by atoms with Gasteiger partial charge in [-0.05, 0) is 56.3 Å². The lowest BCUT2D eigenvalue weighted by Gasteiger charge is -2.17. The van der Waals surface area contributed by atoms with Gasteiger partial charge in [-0.3, -0.25) is 9.88 Å². The van der Waals surface area contributed by atoms with Gasteiger partial charge in [0.1, 0.15) is 5.75 Å². The number of ether oxygens (including phenoxy) is 1. The lowest BCUT2D eigenvalue weighted by atomic mass is 10.1. The number of hydrogen-bond acceptors (Lipinski definition) is 6. The van der Waals surface area contributed by atoms with E-state index in [1.54, 1.807) is 12.1 Å². The van der Waals surface area contributed by atoms with Crippen molar-refractivity contribution in [3.05, 3.63) is 60.3 Å². The fourth-order valence-electron chi connectivity index (χ4n) is 4.08. The lowest BCUT2D eigenvalue weighted by Crippen LogP contribution is -2.39. The predicted molar refractivity (Wildman–Crippen MR) is 132 cm³/mol. The molecule has 1 saturated heterocycles. The summed E-state index contributed by atoms with van der Waals surface area (Å²) in [6.45, 7) is 4.32. The summed E-state index contributed by atoms with van der Waals surface area (Å²) in [6.07, 6.45) is 0.712. The number of carbonyl (C=O) groups excluding carboxylic acids is 1. The van der Waals surface area contributed by atoms with E-state index in [0.717, 1.165) is 28.8 Å². The van der Waals surface area contributed by atoms with Crippen LogP contribution in [0.2, 0.25) is 0 Å². The van der Waals surface area contributed by atoms with Crippen molar-refractivity contribution in [1.29, 1.82) is 0 Å². The van der Waals surface area contributed by atoms with E-state index < -0.39 is 10.0 Å². The van der Waals surface area contributed by atoms with Gasteiger partial charge in [-0.15, -0.1) is 0 Å². The Morgan fingerprint density at radius 2 is 1.94 bits per heavy atom. The number of aromatic nitrogens is 1. The van der Waals surface area contributed by atoms with Gasteiger partial charge in [-0.25, -0.2) is 17.9 Å². The summed E-state index contributed by atoms with van der Waals surface area (Å²) < 4.78 is 33.2. The standard InChI is InChI=1S/C24H29N5O4S/c1-17-15-23(21-5-3-4-6-22(21)26-17)27-24(30)25-12-14-29-13-11-18(16-29)28-34(31,32)20-9-7-19(33-2)8-10-20/h3-10,15,18,28H,11-14,16H2,1-2H3,(H2,25,26,27,30). The van der Waals surface area contributed by atoms with E-state index in [9.17, 15) is 13.2 Å². The predicted octanol–water partition coefficient (Wildman–Crippen LogP) is 2.73. The van der Waals surface area contributed by atoms with Gasteiger partial charge in [0, 0.05) is 36.8 Å². The highest BCUT2D eigenvalue weighted by atomic mass is 32.2. The number of likely N-dealkylation sites (tertiary alicyclic amines) is 1. The van der Waals surface area contributed by atoms with Gasteiger partial charge < -0.3 is 15.4 Å². The highest BCUT2D eigenvalue weighted by molar-refractivity contribution is 7.89. The van der Waals surface area contributed by atoms with Crippen LogP contribution >= 0.6 is 0 Å². The number of pyridine rings is 1. The van der Waals surface area contributed by atoms with Crippen molar-refractivity contribution < 1.29 is 17.9 Å². The number of nitrogens with zero attached hydrogens (tertiary/aromatic N) is 2. The second-order valence-corrected chi connectivity index (χ2v) is 10.0. The summed E-state index contributed by atoms with van der Waals surface area (Å²) in [4.78, 5) is 19.3. The molecule has 1 atom stereocenters. The Kier molecular flexibility index (Phi) is 7.30. The molecule has 2 amide bonds. The van der Waals surface area contributed by atoms with Crippen LogP contribution in [0.25, 0.3) is 10.9 Å². The molecule has 1 unspecified atom stereocenters. The van der Waals surface area contributed by atoms with Crippen LogP contribution in [0.4, 0.5) is 10.5 Å². The van der Waals surface area contributed by atoms with Gasteiger partial charge in [0.15, 0.2) is 0 Å². The number of anilines is 1. The molecule has 0 radical (unpaired) electrons. The number of methoxy groups -OCH3 is 1. The molecule has 1 aliphatic heterocycles. The Morgan fingerprint density at radius 3 is 2.71 bits per heavy atom. The molecular formula is C24H29N5O4S. The molecule has 1 fully saturated rings. The van der Waals surface area contributed by atoms with Gasteiger partial charge in [-0.1, -0.05) is 18.2 Å². The Hall–Kier alpha value is -3.21. The largest absolute Gasteiger partial charge is 0.497 e. The summed E-state index contributed by atoms with van der Waals surface area (Å²) in [5, 5.41) is 6.67. The van der Waals surface area contributed by atoms with Crippen LogP contribution in [0.3, 0.4) is 0 Å². The van der Waals surface area contributed by atoms with E-state index in [-0.39, 0.29) is 17.0 Å². The summed E-state index contributed by atoms with van der Waals surface area (Å²) >= 11 is 0. The molecule has 34 heavy (non-hydrogen) atoms. The van der Waals surface area contributed by atoms with Gasteiger partial charge >= 0.3 is 6.03 Å². The van der Waals surface area contributed by atoms with Crippen LogP contribution in [0.1, 0.15) is 12.1 Å². The first-order valence-corrected chi connectivity index (χ1v) is 12.6. The van der Waals surface area contributed by atoms with Gasteiger partial charge in [0.05, 0.1) is 23.2 Å². The smallest absolute Gasteiger partial charge is 0.319 e. The maximum absolute atomic E-state index is 12.6. The maximum Gasteiger partial charge on any atom is 0.319 e. The van der Waals surface area contributed by atoms with E-state index in [1.807, 2.05) is 37.3 Å². The Morgan fingerprint density at radius 1 is 1.18 bits per heavy atom. The molecule has 0 bridgehead atoms. The second kappa shape index (κ2) is 10.4. The molecule has 10 heteroatoms. The molecule has 0 spiro atoms. The summed E-state index contributed by atoms with van der Waals surface area (Å²) in [5.74, 6) is 0.606. The van der Waals surface area contributed by atoms with Gasteiger partial charge in [0.2, 0.25) is 10.0 Å². The molecule has 3 aromatic rings. The zero-order valence-electron chi connectivity index (χ0n) is 19.2. The average molecular weight is 484 g/mol. The van der Waals surface area contributed by atoms with E-state index in [2.05, 4.69) is 25.2 Å².